The van der Waals surface area contributed by atoms with Crippen LogP contribution < -0.4 is 20.3 Å². The van der Waals surface area contributed by atoms with Crippen molar-refractivity contribution in [3.05, 3.63) is 74.4 Å². The molecule has 7 nitrogen and oxygen atoms in total. The predicted octanol–water partition coefficient (Wildman–Crippen LogP) is 5.07. The van der Waals surface area contributed by atoms with E-state index in [1.165, 1.54) is 0 Å². The molecular weight excluding hydrogens is 542 g/mol. The molecule has 1 fully saturated rings. The zero-order chi connectivity index (χ0) is 25.7. The third kappa shape index (κ3) is 6.33. The maximum atomic E-state index is 12.6. The summed E-state index contributed by atoms with van der Waals surface area (Å²) in [6.07, 6.45) is 0.981. The lowest BCUT2D eigenvalue weighted by molar-refractivity contribution is -0.126. The molecule has 2 aromatic carbocycles. The van der Waals surface area contributed by atoms with Crippen molar-refractivity contribution in [3.8, 4) is 5.75 Å². The molecule has 0 bridgehead atoms. The number of amides is 3. The molecule has 1 aliphatic heterocycles. The quantitative estimate of drug-likeness (QED) is 0.376. The molecule has 2 heterocycles. The number of anilines is 2. The second-order valence-electron chi connectivity index (χ2n) is 8.64. The number of carbonyl (C=O) groups is 3. The number of rotatable bonds is 9. The Balaban J connectivity index is 1.29. The Labute approximate surface area is 223 Å². The molecule has 0 saturated carbocycles. The van der Waals surface area contributed by atoms with Crippen LogP contribution in [0.1, 0.15) is 29.3 Å². The lowest BCUT2D eigenvalue weighted by atomic mass is 10.1. The summed E-state index contributed by atoms with van der Waals surface area (Å²) in [7, 11) is 0. The molecule has 36 heavy (non-hydrogen) atoms. The number of hydrogen-bond acceptors (Lipinski definition) is 5. The highest BCUT2D eigenvalue weighted by Gasteiger charge is 2.35. The standard InChI is InChI=1S/C27H28BrN3O4S/c1-3-18-12-20(28)11-17(2)26(18)30-24(32)16-35-22-8-6-21(7-9-22)31-15-19(13-25(31)33)27(34)29-14-23-5-4-10-36-23/h4-12,19H,3,13-16H2,1-2H3,(H,29,34)(H,30,32)/t19-/m0/s1. The van der Waals surface area contributed by atoms with E-state index >= 15 is 0 Å². The molecule has 9 heteroatoms. The van der Waals surface area contributed by atoms with Crippen LogP contribution in [-0.2, 0) is 27.3 Å². The summed E-state index contributed by atoms with van der Waals surface area (Å²) in [5.41, 5.74) is 3.54. The van der Waals surface area contributed by atoms with E-state index in [2.05, 4.69) is 26.6 Å². The van der Waals surface area contributed by atoms with Gasteiger partial charge in [0.25, 0.3) is 5.91 Å². The molecule has 3 aromatic rings. The molecule has 1 saturated heterocycles. The van der Waals surface area contributed by atoms with Crippen molar-refractivity contribution in [2.75, 3.05) is 23.4 Å². The fourth-order valence-corrected chi connectivity index (χ4v) is 5.45. The molecule has 2 N–H and O–H groups in total. The minimum absolute atomic E-state index is 0.0871. The topological polar surface area (TPSA) is 87.7 Å². The van der Waals surface area contributed by atoms with Crippen LogP contribution in [0.15, 0.2) is 58.4 Å². The maximum Gasteiger partial charge on any atom is 0.262 e. The average molecular weight is 571 g/mol. The van der Waals surface area contributed by atoms with Gasteiger partial charge in [-0.2, -0.15) is 0 Å². The lowest BCUT2D eigenvalue weighted by Gasteiger charge is -2.17. The Kier molecular flexibility index (Phi) is 8.43. The van der Waals surface area contributed by atoms with Gasteiger partial charge in [0.05, 0.1) is 12.5 Å². The molecule has 4 rings (SSSR count). The fourth-order valence-electron chi connectivity index (χ4n) is 4.18. The lowest BCUT2D eigenvalue weighted by Crippen LogP contribution is -2.32. The van der Waals surface area contributed by atoms with E-state index < -0.39 is 0 Å². The molecule has 0 aliphatic carbocycles. The number of nitrogens with zero attached hydrogens (tertiary/aromatic N) is 1. The second kappa shape index (κ2) is 11.7. The Morgan fingerprint density at radius 2 is 1.97 bits per heavy atom. The van der Waals surface area contributed by atoms with Gasteiger partial charge in [0.2, 0.25) is 11.8 Å². The number of carbonyl (C=O) groups excluding carboxylic acids is 3. The van der Waals surface area contributed by atoms with Gasteiger partial charge >= 0.3 is 0 Å². The normalized spacial score (nSPS) is 15.1. The molecule has 1 aliphatic rings. The highest BCUT2D eigenvalue weighted by Crippen LogP contribution is 2.28. The summed E-state index contributed by atoms with van der Waals surface area (Å²) >= 11 is 5.08. The van der Waals surface area contributed by atoms with Crippen molar-refractivity contribution >= 4 is 56.4 Å². The average Bonchev–Trinajstić information content (AvgIpc) is 3.53. The fraction of sp³-hybridized carbons (Fsp3) is 0.296. The highest BCUT2D eigenvalue weighted by atomic mass is 79.9. The van der Waals surface area contributed by atoms with Crippen LogP contribution in [0.4, 0.5) is 11.4 Å². The molecule has 188 valence electrons. The van der Waals surface area contributed by atoms with E-state index in [4.69, 9.17) is 4.74 Å². The van der Waals surface area contributed by atoms with Crippen molar-refractivity contribution in [2.24, 2.45) is 5.92 Å². The molecule has 1 atom stereocenters. The molecular formula is C27H28BrN3O4S. The third-order valence-corrected chi connectivity index (χ3v) is 7.39. The van der Waals surface area contributed by atoms with Gasteiger partial charge in [-0.15, -0.1) is 11.3 Å². The SMILES string of the molecule is CCc1cc(Br)cc(C)c1NC(=O)COc1ccc(N2C[C@@H](C(=O)NCc3cccs3)CC2=O)cc1. The van der Waals surface area contributed by atoms with Crippen molar-refractivity contribution in [3.63, 3.8) is 0 Å². The zero-order valence-corrected chi connectivity index (χ0v) is 22.6. The Bertz CT molecular complexity index is 1240. The van der Waals surface area contributed by atoms with Crippen molar-refractivity contribution in [2.45, 2.75) is 33.2 Å². The van der Waals surface area contributed by atoms with E-state index in [1.54, 1.807) is 40.5 Å². The Hall–Kier alpha value is -3.17. The van der Waals surface area contributed by atoms with E-state index in [0.29, 0.717) is 24.5 Å². The first-order valence-corrected chi connectivity index (χ1v) is 13.4. The van der Waals surface area contributed by atoms with Gasteiger partial charge in [-0.05, 0) is 72.3 Å². The van der Waals surface area contributed by atoms with Crippen LogP contribution in [0.2, 0.25) is 0 Å². The van der Waals surface area contributed by atoms with Crippen LogP contribution in [-0.4, -0.2) is 30.9 Å². The third-order valence-electron chi connectivity index (χ3n) is 6.06. The summed E-state index contributed by atoms with van der Waals surface area (Å²) in [4.78, 5) is 40.3. The Morgan fingerprint density at radius 1 is 1.19 bits per heavy atom. The number of thiophene rings is 1. The van der Waals surface area contributed by atoms with E-state index in [9.17, 15) is 14.4 Å². The molecule has 3 amide bonds. The van der Waals surface area contributed by atoms with Crippen LogP contribution >= 0.6 is 27.3 Å². The number of hydrogen-bond donors (Lipinski definition) is 2. The van der Waals surface area contributed by atoms with Crippen LogP contribution in [0, 0.1) is 12.8 Å². The minimum atomic E-state index is -0.382. The van der Waals surface area contributed by atoms with E-state index in [1.807, 2.05) is 43.5 Å². The predicted molar refractivity (Wildman–Crippen MR) is 145 cm³/mol. The van der Waals surface area contributed by atoms with Gasteiger partial charge in [-0.25, -0.2) is 0 Å². The monoisotopic (exact) mass is 569 g/mol. The summed E-state index contributed by atoms with van der Waals surface area (Å²) in [6, 6.07) is 14.9. The maximum absolute atomic E-state index is 12.6. The van der Waals surface area contributed by atoms with Crippen LogP contribution in [0.25, 0.3) is 0 Å². The first-order valence-electron chi connectivity index (χ1n) is 11.8. The number of halogens is 1. The van der Waals surface area contributed by atoms with E-state index in [0.717, 1.165) is 32.6 Å². The van der Waals surface area contributed by atoms with E-state index in [-0.39, 0.29) is 36.7 Å². The van der Waals surface area contributed by atoms with Gasteiger partial charge in [-0.3, -0.25) is 14.4 Å². The number of ether oxygens (including phenoxy) is 1. The summed E-state index contributed by atoms with van der Waals surface area (Å²) in [6.45, 7) is 4.68. The largest absolute Gasteiger partial charge is 0.484 e. The summed E-state index contributed by atoms with van der Waals surface area (Å²) in [5.74, 6) is -0.306. The zero-order valence-electron chi connectivity index (χ0n) is 20.2. The van der Waals surface area contributed by atoms with Gasteiger partial charge in [-0.1, -0.05) is 28.9 Å². The molecule has 1 aromatic heterocycles. The van der Waals surface area contributed by atoms with Crippen LogP contribution in [0.5, 0.6) is 5.75 Å². The minimum Gasteiger partial charge on any atom is -0.484 e. The summed E-state index contributed by atoms with van der Waals surface area (Å²) < 4.78 is 6.64. The Morgan fingerprint density at radius 3 is 2.67 bits per heavy atom. The van der Waals surface area contributed by atoms with Gasteiger partial charge in [0.15, 0.2) is 6.61 Å². The molecule has 0 spiro atoms. The number of benzene rings is 2. The smallest absolute Gasteiger partial charge is 0.262 e. The first-order chi connectivity index (χ1) is 17.3. The second-order valence-corrected chi connectivity index (χ2v) is 10.6. The number of aryl methyl sites for hydroxylation is 2. The van der Waals surface area contributed by atoms with Crippen molar-refractivity contribution in [1.82, 2.24) is 5.32 Å². The highest BCUT2D eigenvalue weighted by molar-refractivity contribution is 9.10. The molecule has 0 radical (unpaired) electrons. The van der Waals surface area contributed by atoms with Crippen molar-refractivity contribution < 1.29 is 19.1 Å². The van der Waals surface area contributed by atoms with Gasteiger partial charge < -0.3 is 20.3 Å². The molecule has 0 unspecified atom stereocenters. The van der Waals surface area contributed by atoms with Crippen LogP contribution in [0.3, 0.4) is 0 Å². The van der Waals surface area contributed by atoms with Gasteiger partial charge in [0.1, 0.15) is 5.75 Å². The first kappa shape index (κ1) is 25.9. The van der Waals surface area contributed by atoms with Crippen molar-refractivity contribution in [1.29, 1.82) is 0 Å². The summed E-state index contributed by atoms with van der Waals surface area (Å²) in [5, 5.41) is 7.83. The number of nitrogens with one attached hydrogen (secondary N) is 2. The van der Waals surface area contributed by atoms with Gasteiger partial charge in [0, 0.05) is 33.7 Å².